The Morgan fingerprint density at radius 3 is 2.47 bits per heavy atom. The second-order valence-electron chi connectivity index (χ2n) is 3.97. The molecule has 0 amide bonds. The third kappa shape index (κ3) is 3.87. The van der Waals surface area contributed by atoms with Crippen LogP contribution >= 0.6 is 62.1 Å². The molecule has 2 aromatic rings. The van der Waals surface area contributed by atoms with E-state index < -0.39 is 0 Å². The zero-order chi connectivity index (χ0) is 14.0. The van der Waals surface area contributed by atoms with Gasteiger partial charge in [0.1, 0.15) is 0 Å². The minimum Gasteiger partial charge on any atom is -0.306 e. The average molecular weight is 400 g/mol. The van der Waals surface area contributed by atoms with Crippen LogP contribution in [0.1, 0.15) is 24.1 Å². The van der Waals surface area contributed by atoms with Crippen molar-refractivity contribution in [3.05, 3.63) is 53.6 Å². The molecular weight excluding hydrogens is 388 g/mol. The van der Waals surface area contributed by atoms with Gasteiger partial charge in [-0.3, -0.25) is 0 Å². The Hall–Kier alpha value is 0.230. The van der Waals surface area contributed by atoms with Gasteiger partial charge < -0.3 is 5.32 Å². The fraction of sp³-hybridized carbons (Fsp3) is 0.231. The van der Waals surface area contributed by atoms with Crippen LogP contribution in [0, 0.1) is 0 Å². The fourth-order valence-electron chi connectivity index (χ4n) is 1.90. The lowest BCUT2D eigenvalue weighted by atomic mass is 10.0. The van der Waals surface area contributed by atoms with E-state index in [0.717, 1.165) is 22.1 Å². The third-order valence-electron chi connectivity index (χ3n) is 2.62. The summed E-state index contributed by atoms with van der Waals surface area (Å²) in [6.07, 6.45) is 0. The van der Waals surface area contributed by atoms with E-state index in [0.29, 0.717) is 13.7 Å². The lowest BCUT2D eigenvalue weighted by molar-refractivity contribution is 0.632. The van der Waals surface area contributed by atoms with Gasteiger partial charge in [0.25, 0.3) is 0 Å². The lowest BCUT2D eigenvalue weighted by Gasteiger charge is -2.18. The molecule has 19 heavy (non-hydrogen) atoms. The molecule has 0 radical (unpaired) electrons. The fourth-order valence-corrected chi connectivity index (χ4v) is 4.32. The van der Waals surface area contributed by atoms with E-state index in [1.54, 1.807) is 0 Å². The van der Waals surface area contributed by atoms with Crippen molar-refractivity contribution in [2.24, 2.45) is 0 Å². The summed E-state index contributed by atoms with van der Waals surface area (Å²) in [6.45, 7) is 2.87. The average Bonchev–Trinajstić information content (AvgIpc) is 2.64. The highest BCUT2D eigenvalue weighted by atomic mass is 79.9. The van der Waals surface area contributed by atoms with Crippen molar-refractivity contribution in [3.8, 4) is 0 Å². The Labute approximate surface area is 140 Å². The normalized spacial score (nSPS) is 12.7. The van der Waals surface area contributed by atoms with Crippen molar-refractivity contribution in [2.75, 3.05) is 6.54 Å². The molecule has 1 heterocycles. The number of nitrogens with one attached hydrogen (secondary N) is 1. The molecule has 1 unspecified atom stereocenters. The van der Waals surface area contributed by atoms with E-state index in [1.807, 2.05) is 24.3 Å². The summed E-state index contributed by atoms with van der Waals surface area (Å²) in [5, 5.41) is 4.09. The predicted molar refractivity (Wildman–Crippen MR) is 89.0 cm³/mol. The van der Waals surface area contributed by atoms with Crippen molar-refractivity contribution in [1.29, 1.82) is 0 Å². The van der Waals surface area contributed by atoms with Crippen molar-refractivity contribution < 1.29 is 0 Å². The number of benzene rings is 1. The van der Waals surface area contributed by atoms with E-state index in [2.05, 4.69) is 28.2 Å². The molecule has 1 aromatic heterocycles. The van der Waals surface area contributed by atoms with Crippen LogP contribution in [-0.4, -0.2) is 6.54 Å². The lowest BCUT2D eigenvalue weighted by Crippen LogP contribution is -2.21. The summed E-state index contributed by atoms with van der Waals surface area (Å²) in [5.41, 5.74) is 2.03. The SMILES string of the molecule is CCNC(c1cc(Cl)cc(Br)c1)c1cc(Cl)sc1Cl. The molecule has 0 aliphatic rings. The number of thiophene rings is 1. The predicted octanol–water partition coefficient (Wildman–Crippen LogP) is 6.17. The molecule has 102 valence electrons. The molecule has 1 aromatic carbocycles. The minimum atomic E-state index is -0.0174. The maximum Gasteiger partial charge on any atom is 0.0995 e. The topological polar surface area (TPSA) is 12.0 Å². The summed E-state index contributed by atoms with van der Waals surface area (Å²) in [5.74, 6) is 0. The zero-order valence-electron chi connectivity index (χ0n) is 10.0. The molecule has 0 spiro atoms. The number of hydrogen-bond acceptors (Lipinski definition) is 2. The smallest absolute Gasteiger partial charge is 0.0995 e. The molecule has 1 atom stereocenters. The molecular formula is C13H11BrCl3NS. The number of hydrogen-bond donors (Lipinski definition) is 1. The van der Waals surface area contributed by atoms with Crippen LogP contribution < -0.4 is 5.32 Å². The van der Waals surface area contributed by atoms with Gasteiger partial charge >= 0.3 is 0 Å². The van der Waals surface area contributed by atoms with E-state index in [9.17, 15) is 0 Å². The highest BCUT2D eigenvalue weighted by Gasteiger charge is 2.19. The maximum absolute atomic E-state index is 6.25. The van der Waals surface area contributed by atoms with Gasteiger partial charge in [0.05, 0.1) is 14.7 Å². The Morgan fingerprint density at radius 1 is 1.21 bits per heavy atom. The minimum absolute atomic E-state index is 0.0174. The van der Waals surface area contributed by atoms with E-state index in [1.165, 1.54) is 11.3 Å². The monoisotopic (exact) mass is 397 g/mol. The highest BCUT2D eigenvalue weighted by Crippen LogP contribution is 2.38. The summed E-state index contributed by atoms with van der Waals surface area (Å²) >= 11 is 23.2. The zero-order valence-corrected chi connectivity index (χ0v) is 14.7. The van der Waals surface area contributed by atoms with Crippen LogP contribution in [0.3, 0.4) is 0 Å². The van der Waals surface area contributed by atoms with Gasteiger partial charge in [0.15, 0.2) is 0 Å². The van der Waals surface area contributed by atoms with Crippen LogP contribution in [0.2, 0.25) is 13.7 Å². The summed E-state index contributed by atoms with van der Waals surface area (Å²) in [4.78, 5) is 0. The first kappa shape index (κ1) is 15.6. The van der Waals surface area contributed by atoms with Crippen LogP contribution in [0.25, 0.3) is 0 Å². The van der Waals surface area contributed by atoms with Gasteiger partial charge in [-0.15, -0.1) is 11.3 Å². The Bertz CT molecular complexity index is 565. The largest absolute Gasteiger partial charge is 0.306 e. The van der Waals surface area contributed by atoms with E-state index in [-0.39, 0.29) is 6.04 Å². The van der Waals surface area contributed by atoms with Crippen molar-refractivity contribution in [1.82, 2.24) is 5.32 Å². The summed E-state index contributed by atoms with van der Waals surface area (Å²) in [6, 6.07) is 7.70. The van der Waals surface area contributed by atoms with Gasteiger partial charge in [-0.1, -0.05) is 57.7 Å². The van der Waals surface area contributed by atoms with E-state index in [4.69, 9.17) is 34.8 Å². The first-order valence-electron chi connectivity index (χ1n) is 5.65. The third-order valence-corrected chi connectivity index (χ3v) is 4.81. The second-order valence-corrected chi connectivity index (χ2v) is 7.61. The van der Waals surface area contributed by atoms with Crippen molar-refractivity contribution in [3.63, 3.8) is 0 Å². The number of rotatable bonds is 4. The van der Waals surface area contributed by atoms with Crippen molar-refractivity contribution in [2.45, 2.75) is 13.0 Å². The summed E-state index contributed by atoms with van der Waals surface area (Å²) in [7, 11) is 0. The Morgan fingerprint density at radius 2 is 1.95 bits per heavy atom. The quantitative estimate of drug-likeness (QED) is 0.648. The molecule has 0 bridgehead atoms. The number of halogens is 4. The molecule has 1 N–H and O–H groups in total. The Balaban J connectivity index is 2.47. The van der Waals surface area contributed by atoms with Crippen LogP contribution in [0.5, 0.6) is 0 Å². The maximum atomic E-state index is 6.25. The Kier molecular flexibility index (Phi) is 5.58. The van der Waals surface area contributed by atoms with Gasteiger partial charge in [-0.2, -0.15) is 0 Å². The molecule has 0 aliphatic carbocycles. The highest BCUT2D eigenvalue weighted by molar-refractivity contribution is 9.10. The molecule has 6 heteroatoms. The first-order valence-corrected chi connectivity index (χ1v) is 8.39. The standard InChI is InChI=1S/C13H11BrCl3NS/c1-2-18-12(10-6-11(16)19-13(10)17)7-3-8(14)5-9(15)4-7/h3-6,12,18H,2H2,1H3. The van der Waals surface area contributed by atoms with E-state index >= 15 is 0 Å². The summed E-state index contributed by atoms with van der Waals surface area (Å²) < 4.78 is 2.33. The molecule has 0 saturated heterocycles. The van der Waals surface area contributed by atoms with Crippen LogP contribution in [-0.2, 0) is 0 Å². The molecule has 0 fully saturated rings. The molecule has 2 rings (SSSR count). The van der Waals surface area contributed by atoms with Crippen LogP contribution in [0.4, 0.5) is 0 Å². The van der Waals surface area contributed by atoms with Gasteiger partial charge in [-0.25, -0.2) is 0 Å². The van der Waals surface area contributed by atoms with Gasteiger partial charge in [-0.05, 0) is 36.4 Å². The first-order chi connectivity index (χ1) is 9.01. The van der Waals surface area contributed by atoms with Crippen LogP contribution in [0.15, 0.2) is 28.7 Å². The van der Waals surface area contributed by atoms with Crippen molar-refractivity contribution >= 4 is 62.1 Å². The second kappa shape index (κ2) is 6.79. The molecule has 1 nitrogen and oxygen atoms in total. The van der Waals surface area contributed by atoms with Gasteiger partial charge in [0.2, 0.25) is 0 Å². The van der Waals surface area contributed by atoms with Gasteiger partial charge in [0, 0.05) is 15.1 Å². The molecule has 0 saturated carbocycles. The molecule has 0 aliphatic heterocycles.